The van der Waals surface area contributed by atoms with Gasteiger partial charge in [0.2, 0.25) is 0 Å². The van der Waals surface area contributed by atoms with Gasteiger partial charge in [-0.1, -0.05) is 0 Å². The van der Waals surface area contributed by atoms with E-state index in [4.69, 9.17) is 0 Å². The molecule has 0 radical (unpaired) electrons. The maximum absolute atomic E-state index is 11.8. The molecule has 0 aliphatic carbocycles. The van der Waals surface area contributed by atoms with Crippen molar-refractivity contribution in [2.45, 2.75) is 19.2 Å². The highest BCUT2D eigenvalue weighted by atomic mass is 19.4. The fourth-order valence-electron chi connectivity index (χ4n) is 2.13. The van der Waals surface area contributed by atoms with Crippen LogP contribution in [0, 0.1) is 0 Å². The Morgan fingerprint density at radius 2 is 1.74 bits per heavy atom. The quantitative estimate of drug-likeness (QED) is 0.834. The van der Waals surface area contributed by atoms with Crippen molar-refractivity contribution in [2.75, 3.05) is 36.5 Å². The molecule has 0 saturated carbocycles. The predicted octanol–water partition coefficient (Wildman–Crippen LogP) is 3.24. The zero-order chi connectivity index (χ0) is 13.7. The molecule has 106 valence electrons. The lowest BCUT2D eigenvalue weighted by atomic mass is 10.2. The Bertz CT molecular complexity index is 386. The summed E-state index contributed by atoms with van der Waals surface area (Å²) in [6.07, 6.45) is -2.12. The molecule has 6 heteroatoms. The number of hydrogen-bond donors (Lipinski definition) is 1. The third kappa shape index (κ3) is 4.63. The molecule has 2 rings (SSSR count). The Morgan fingerprint density at radius 1 is 1.11 bits per heavy atom. The number of anilines is 2. The fourth-order valence-corrected chi connectivity index (χ4v) is 2.13. The normalized spacial score (nSPS) is 15.8. The van der Waals surface area contributed by atoms with Crippen LogP contribution in [0.5, 0.6) is 0 Å². The van der Waals surface area contributed by atoms with Crippen LogP contribution in [0.4, 0.5) is 24.5 Å². The number of alkyl halides is 3. The first kappa shape index (κ1) is 14.0. The lowest BCUT2D eigenvalue weighted by molar-refractivity contribution is -0.322. The Morgan fingerprint density at radius 3 is 2.32 bits per heavy atom. The SMILES string of the molecule is FC(F)(F)OCCNc1ccc(N2CCCC2)cc1. The Labute approximate surface area is 110 Å². The second-order valence-electron chi connectivity index (χ2n) is 4.46. The summed E-state index contributed by atoms with van der Waals surface area (Å²) in [5.74, 6) is 0. The Balaban J connectivity index is 1.75. The van der Waals surface area contributed by atoms with E-state index in [9.17, 15) is 13.2 Å². The minimum absolute atomic E-state index is 0.128. The molecule has 1 heterocycles. The van der Waals surface area contributed by atoms with Gasteiger partial charge in [0.1, 0.15) is 0 Å². The van der Waals surface area contributed by atoms with E-state index < -0.39 is 13.0 Å². The first-order valence-corrected chi connectivity index (χ1v) is 6.34. The molecule has 0 amide bonds. The van der Waals surface area contributed by atoms with Crippen LogP contribution in [0.1, 0.15) is 12.8 Å². The molecule has 1 fully saturated rings. The third-order valence-electron chi connectivity index (χ3n) is 3.04. The van der Waals surface area contributed by atoms with Gasteiger partial charge in [-0.15, -0.1) is 13.2 Å². The summed E-state index contributed by atoms with van der Waals surface area (Å²) < 4.78 is 38.9. The number of hydrogen-bond acceptors (Lipinski definition) is 3. The van der Waals surface area contributed by atoms with Crippen molar-refractivity contribution in [1.29, 1.82) is 0 Å². The van der Waals surface area contributed by atoms with Crippen LogP contribution in [0.3, 0.4) is 0 Å². The van der Waals surface area contributed by atoms with Crippen molar-refractivity contribution in [3.05, 3.63) is 24.3 Å². The van der Waals surface area contributed by atoms with Crippen LogP contribution in [0.2, 0.25) is 0 Å². The first-order chi connectivity index (χ1) is 9.04. The van der Waals surface area contributed by atoms with Crippen LogP contribution in [-0.2, 0) is 4.74 Å². The predicted molar refractivity (Wildman–Crippen MR) is 68.4 cm³/mol. The standard InChI is InChI=1S/C13H17F3N2O/c14-13(15,16)19-10-7-17-11-3-5-12(6-4-11)18-8-1-2-9-18/h3-6,17H,1-2,7-10H2. The smallest absolute Gasteiger partial charge is 0.383 e. The average Bonchev–Trinajstić information content (AvgIpc) is 2.88. The van der Waals surface area contributed by atoms with E-state index in [-0.39, 0.29) is 6.54 Å². The van der Waals surface area contributed by atoms with E-state index in [0.717, 1.165) is 24.5 Å². The van der Waals surface area contributed by atoms with Crippen LogP contribution in [0.15, 0.2) is 24.3 Å². The molecule has 0 atom stereocenters. The molecule has 1 N–H and O–H groups in total. The van der Waals surface area contributed by atoms with E-state index >= 15 is 0 Å². The van der Waals surface area contributed by atoms with Gasteiger partial charge in [-0.2, -0.15) is 0 Å². The maximum Gasteiger partial charge on any atom is 0.522 e. The second kappa shape index (κ2) is 6.14. The summed E-state index contributed by atoms with van der Waals surface area (Å²) in [4.78, 5) is 2.30. The Hall–Kier alpha value is -1.43. The minimum Gasteiger partial charge on any atom is -0.383 e. The van der Waals surface area contributed by atoms with Crippen molar-refractivity contribution in [1.82, 2.24) is 0 Å². The average molecular weight is 274 g/mol. The molecule has 0 bridgehead atoms. The molecular weight excluding hydrogens is 257 g/mol. The van der Waals surface area contributed by atoms with Gasteiger partial charge in [-0.3, -0.25) is 4.74 Å². The summed E-state index contributed by atoms with van der Waals surface area (Å²) in [5, 5.41) is 2.89. The highest BCUT2D eigenvalue weighted by Gasteiger charge is 2.28. The van der Waals surface area contributed by atoms with Crippen molar-refractivity contribution < 1.29 is 17.9 Å². The molecule has 1 aliphatic heterocycles. The summed E-state index contributed by atoms with van der Waals surface area (Å²) in [6.45, 7) is 1.89. The van der Waals surface area contributed by atoms with Gasteiger partial charge < -0.3 is 10.2 Å². The lowest BCUT2D eigenvalue weighted by Crippen LogP contribution is -2.19. The maximum atomic E-state index is 11.8. The van der Waals surface area contributed by atoms with Gasteiger partial charge in [-0.05, 0) is 37.1 Å². The number of nitrogens with one attached hydrogen (secondary N) is 1. The van der Waals surface area contributed by atoms with Gasteiger partial charge in [0.15, 0.2) is 0 Å². The summed E-state index contributed by atoms with van der Waals surface area (Å²) in [5.41, 5.74) is 1.96. The molecule has 0 unspecified atom stereocenters. The highest BCUT2D eigenvalue weighted by Crippen LogP contribution is 2.22. The number of nitrogens with zero attached hydrogens (tertiary/aromatic N) is 1. The van der Waals surface area contributed by atoms with E-state index in [1.807, 2.05) is 24.3 Å². The topological polar surface area (TPSA) is 24.5 Å². The number of rotatable bonds is 5. The van der Waals surface area contributed by atoms with E-state index in [0.29, 0.717) is 0 Å². The summed E-state index contributed by atoms with van der Waals surface area (Å²) >= 11 is 0. The molecule has 19 heavy (non-hydrogen) atoms. The number of benzene rings is 1. The van der Waals surface area contributed by atoms with E-state index in [2.05, 4.69) is 15.0 Å². The van der Waals surface area contributed by atoms with Crippen molar-refractivity contribution in [3.8, 4) is 0 Å². The van der Waals surface area contributed by atoms with Crippen LogP contribution in [-0.4, -0.2) is 32.6 Å². The van der Waals surface area contributed by atoms with Gasteiger partial charge in [0, 0.05) is 31.0 Å². The molecule has 1 aromatic rings. The van der Waals surface area contributed by atoms with Gasteiger partial charge in [0.25, 0.3) is 0 Å². The fraction of sp³-hybridized carbons (Fsp3) is 0.538. The highest BCUT2D eigenvalue weighted by molar-refractivity contribution is 5.55. The number of ether oxygens (including phenoxy) is 1. The van der Waals surface area contributed by atoms with E-state index in [1.165, 1.54) is 12.8 Å². The monoisotopic (exact) mass is 274 g/mol. The Kier molecular flexibility index (Phi) is 4.52. The molecular formula is C13H17F3N2O. The summed E-state index contributed by atoms with van der Waals surface area (Å²) in [6, 6.07) is 7.72. The largest absolute Gasteiger partial charge is 0.522 e. The van der Waals surface area contributed by atoms with Crippen molar-refractivity contribution in [3.63, 3.8) is 0 Å². The van der Waals surface area contributed by atoms with Crippen molar-refractivity contribution >= 4 is 11.4 Å². The molecule has 0 aromatic heterocycles. The van der Waals surface area contributed by atoms with Crippen LogP contribution >= 0.6 is 0 Å². The molecule has 1 aromatic carbocycles. The molecule has 0 spiro atoms. The van der Waals surface area contributed by atoms with Crippen molar-refractivity contribution in [2.24, 2.45) is 0 Å². The van der Waals surface area contributed by atoms with Crippen LogP contribution in [0.25, 0.3) is 0 Å². The molecule has 3 nitrogen and oxygen atoms in total. The minimum atomic E-state index is -4.55. The third-order valence-corrected chi connectivity index (χ3v) is 3.04. The second-order valence-corrected chi connectivity index (χ2v) is 4.46. The summed E-state index contributed by atoms with van der Waals surface area (Å²) in [7, 11) is 0. The first-order valence-electron chi connectivity index (χ1n) is 6.34. The van der Waals surface area contributed by atoms with Gasteiger partial charge in [0.05, 0.1) is 6.61 Å². The van der Waals surface area contributed by atoms with Gasteiger partial charge in [-0.25, -0.2) is 0 Å². The molecule has 1 saturated heterocycles. The van der Waals surface area contributed by atoms with E-state index in [1.54, 1.807) is 0 Å². The molecule has 1 aliphatic rings. The lowest BCUT2D eigenvalue weighted by Gasteiger charge is -2.18. The zero-order valence-corrected chi connectivity index (χ0v) is 10.5. The number of halogens is 3. The van der Waals surface area contributed by atoms with Gasteiger partial charge >= 0.3 is 6.36 Å². The van der Waals surface area contributed by atoms with Crippen LogP contribution < -0.4 is 10.2 Å². The zero-order valence-electron chi connectivity index (χ0n) is 10.5.